The molecule has 1 unspecified atom stereocenters. The van der Waals surface area contributed by atoms with E-state index in [9.17, 15) is 4.79 Å². The first-order valence-corrected chi connectivity index (χ1v) is 10.0. The van der Waals surface area contributed by atoms with Gasteiger partial charge in [0.05, 0.1) is 5.69 Å². The Morgan fingerprint density at radius 3 is 2.96 bits per heavy atom. The molecule has 0 aliphatic carbocycles. The van der Waals surface area contributed by atoms with Gasteiger partial charge >= 0.3 is 0 Å². The Morgan fingerprint density at radius 2 is 2.16 bits per heavy atom. The smallest absolute Gasteiger partial charge is 0.253 e. The van der Waals surface area contributed by atoms with Gasteiger partial charge in [-0.1, -0.05) is 12.1 Å². The fourth-order valence-electron chi connectivity index (χ4n) is 2.92. The van der Waals surface area contributed by atoms with Crippen molar-refractivity contribution in [1.29, 1.82) is 0 Å². The van der Waals surface area contributed by atoms with Gasteiger partial charge in [-0.05, 0) is 46.5 Å². The van der Waals surface area contributed by atoms with Gasteiger partial charge in [0.1, 0.15) is 6.33 Å². The first-order valence-electron chi connectivity index (χ1n) is 8.09. The fourth-order valence-corrected chi connectivity index (χ4v) is 5.16. The van der Waals surface area contributed by atoms with Gasteiger partial charge in [0, 0.05) is 34.5 Å². The molecule has 8 heteroatoms. The summed E-state index contributed by atoms with van der Waals surface area (Å²) >= 11 is 3.74. The van der Waals surface area contributed by atoms with Crippen molar-refractivity contribution in [3.63, 3.8) is 0 Å². The number of hydrogen-bond donors (Lipinski definition) is 0. The first kappa shape index (κ1) is 16.3. The molecule has 3 aromatic rings. The number of carbonyl (C=O) groups is 1. The van der Waals surface area contributed by atoms with Gasteiger partial charge in [-0.25, -0.2) is 4.68 Å². The maximum absolute atomic E-state index is 12.9. The second-order valence-electron chi connectivity index (χ2n) is 5.76. The summed E-state index contributed by atoms with van der Waals surface area (Å²) in [6.45, 7) is 1.56. The van der Waals surface area contributed by atoms with Crippen molar-refractivity contribution >= 4 is 29.0 Å². The minimum Gasteiger partial charge on any atom is -0.338 e. The van der Waals surface area contributed by atoms with Gasteiger partial charge < -0.3 is 4.90 Å². The summed E-state index contributed by atoms with van der Waals surface area (Å²) in [5.74, 6) is 1.03. The molecule has 1 aromatic carbocycles. The maximum Gasteiger partial charge on any atom is 0.253 e. The van der Waals surface area contributed by atoms with E-state index >= 15 is 0 Å². The van der Waals surface area contributed by atoms with Gasteiger partial charge in [0.2, 0.25) is 0 Å². The van der Waals surface area contributed by atoms with Crippen molar-refractivity contribution in [1.82, 2.24) is 25.1 Å². The third kappa shape index (κ3) is 3.59. The van der Waals surface area contributed by atoms with Crippen LogP contribution in [0.15, 0.2) is 48.1 Å². The average Bonchev–Trinajstić information content (AvgIpc) is 3.32. The number of amides is 1. The van der Waals surface area contributed by atoms with E-state index in [1.807, 2.05) is 40.9 Å². The molecule has 1 atom stereocenters. The molecule has 1 aliphatic heterocycles. The lowest BCUT2D eigenvalue weighted by molar-refractivity contribution is 0.0766. The molecular weight excluding hydrogens is 354 g/mol. The van der Waals surface area contributed by atoms with Crippen LogP contribution in [0.1, 0.15) is 26.9 Å². The third-order valence-corrected chi connectivity index (χ3v) is 6.64. The molecule has 128 valence electrons. The van der Waals surface area contributed by atoms with Crippen molar-refractivity contribution in [2.24, 2.45) is 0 Å². The largest absolute Gasteiger partial charge is 0.338 e. The molecule has 4 rings (SSSR count). The maximum atomic E-state index is 12.9. The van der Waals surface area contributed by atoms with E-state index in [0.29, 0.717) is 10.8 Å². The molecule has 1 fully saturated rings. The molecule has 25 heavy (non-hydrogen) atoms. The molecule has 1 aliphatic rings. The average molecular weight is 371 g/mol. The van der Waals surface area contributed by atoms with Crippen LogP contribution in [-0.4, -0.2) is 49.9 Å². The monoisotopic (exact) mass is 371 g/mol. The Labute approximate surface area is 153 Å². The Bertz CT molecular complexity index is 835. The number of carbonyl (C=O) groups excluding carboxylic acids is 1. The van der Waals surface area contributed by atoms with Gasteiger partial charge in [-0.15, -0.1) is 16.4 Å². The summed E-state index contributed by atoms with van der Waals surface area (Å²) in [7, 11) is 0. The van der Waals surface area contributed by atoms with Crippen LogP contribution in [-0.2, 0) is 0 Å². The lowest BCUT2D eigenvalue weighted by Gasteiger charge is -2.20. The molecular formula is C17H17N5OS2. The standard InChI is InChI=1S/C17H17N5OS2/c23-17(13-3-1-4-14(11-13)22-12-18-19-20-22)21-7-6-16(25-10-8-21)15-5-2-9-24-15/h1-5,9,11-12,16H,6-8,10H2. The van der Waals surface area contributed by atoms with Crippen LogP contribution in [0.2, 0.25) is 0 Å². The zero-order chi connectivity index (χ0) is 17.1. The van der Waals surface area contributed by atoms with Crippen LogP contribution in [0.4, 0.5) is 0 Å². The Morgan fingerprint density at radius 1 is 1.20 bits per heavy atom. The molecule has 0 spiro atoms. The quantitative estimate of drug-likeness (QED) is 0.708. The predicted octanol–water partition coefficient (Wildman–Crippen LogP) is 3.04. The zero-order valence-corrected chi connectivity index (χ0v) is 15.1. The summed E-state index contributed by atoms with van der Waals surface area (Å²) in [5.41, 5.74) is 1.46. The summed E-state index contributed by atoms with van der Waals surface area (Å²) in [5, 5.41) is 13.8. The molecule has 3 heterocycles. The van der Waals surface area contributed by atoms with Crippen LogP contribution >= 0.6 is 23.1 Å². The Balaban J connectivity index is 1.48. The summed E-state index contributed by atoms with van der Waals surface area (Å²) in [4.78, 5) is 16.3. The summed E-state index contributed by atoms with van der Waals surface area (Å²) in [6.07, 6.45) is 2.52. The normalized spacial score (nSPS) is 18.1. The molecule has 1 saturated heterocycles. The van der Waals surface area contributed by atoms with Gasteiger partial charge in [-0.2, -0.15) is 11.8 Å². The summed E-state index contributed by atoms with van der Waals surface area (Å²) < 4.78 is 1.56. The van der Waals surface area contributed by atoms with E-state index in [0.717, 1.165) is 31.0 Å². The number of thiophene rings is 1. The van der Waals surface area contributed by atoms with E-state index in [1.54, 1.807) is 16.0 Å². The third-order valence-electron chi connectivity index (χ3n) is 4.20. The fraction of sp³-hybridized carbons (Fsp3) is 0.294. The topological polar surface area (TPSA) is 63.9 Å². The minimum atomic E-state index is 0.0716. The van der Waals surface area contributed by atoms with E-state index in [2.05, 4.69) is 33.0 Å². The predicted molar refractivity (Wildman–Crippen MR) is 99.2 cm³/mol. The van der Waals surface area contributed by atoms with E-state index in [1.165, 1.54) is 11.2 Å². The molecule has 0 radical (unpaired) electrons. The van der Waals surface area contributed by atoms with Crippen LogP contribution in [0.3, 0.4) is 0 Å². The number of rotatable bonds is 3. The van der Waals surface area contributed by atoms with Crippen LogP contribution in [0, 0.1) is 0 Å². The van der Waals surface area contributed by atoms with Crippen molar-refractivity contribution in [3.05, 3.63) is 58.5 Å². The number of benzene rings is 1. The second-order valence-corrected chi connectivity index (χ2v) is 8.05. The number of tetrazole rings is 1. The lowest BCUT2D eigenvalue weighted by Crippen LogP contribution is -2.33. The van der Waals surface area contributed by atoms with E-state index in [-0.39, 0.29) is 5.91 Å². The Kier molecular flexibility index (Phi) is 4.80. The lowest BCUT2D eigenvalue weighted by atomic mass is 10.1. The molecule has 2 aromatic heterocycles. The van der Waals surface area contributed by atoms with Gasteiger partial charge in [0.25, 0.3) is 5.91 Å². The van der Waals surface area contributed by atoms with Crippen molar-refractivity contribution in [2.45, 2.75) is 11.7 Å². The molecule has 0 bridgehead atoms. The van der Waals surface area contributed by atoms with Crippen molar-refractivity contribution in [3.8, 4) is 5.69 Å². The Hall–Kier alpha value is -2.19. The highest BCUT2D eigenvalue weighted by Crippen LogP contribution is 2.36. The van der Waals surface area contributed by atoms with Crippen LogP contribution in [0.25, 0.3) is 5.69 Å². The highest BCUT2D eigenvalue weighted by atomic mass is 32.2. The minimum absolute atomic E-state index is 0.0716. The summed E-state index contributed by atoms with van der Waals surface area (Å²) in [6, 6.07) is 11.7. The number of thioether (sulfide) groups is 1. The molecule has 0 N–H and O–H groups in total. The number of hydrogen-bond acceptors (Lipinski definition) is 6. The van der Waals surface area contributed by atoms with E-state index in [4.69, 9.17) is 0 Å². The highest BCUT2D eigenvalue weighted by molar-refractivity contribution is 7.99. The van der Waals surface area contributed by atoms with Crippen molar-refractivity contribution in [2.75, 3.05) is 18.8 Å². The van der Waals surface area contributed by atoms with Crippen LogP contribution in [0.5, 0.6) is 0 Å². The molecule has 6 nitrogen and oxygen atoms in total. The van der Waals surface area contributed by atoms with Crippen molar-refractivity contribution < 1.29 is 4.79 Å². The molecule has 1 amide bonds. The number of aromatic nitrogens is 4. The van der Waals surface area contributed by atoms with E-state index < -0.39 is 0 Å². The first-order chi connectivity index (χ1) is 12.3. The number of nitrogens with zero attached hydrogens (tertiary/aromatic N) is 5. The molecule has 0 saturated carbocycles. The van der Waals surface area contributed by atoms with Gasteiger partial charge in [-0.3, -0.25) is 4.79 Å². The van der Waals surface area contributed by atoms with Crippen LogP contribution < -0.4 is 0 Å². The zero-order valence-electron chi connectivity index (χ0n) is 13.5. The highest BCUT2D eigenvalue weighted by Gasteiger charge is 2.23. The second kappa shape index (κ2) is 7.37. The SMILES string of the molecule is O=C(c1cccc(-n2cnnn2)c1)N1CCSC(c2cccs2)CC1. The van der Waals surface area contributed by atoms with Gasteiger partial charge in [0.15, 0.2) is 0 Å².